The van der Waals surface area contributed by atoms with Crippen molar-refractivity contribution >= 4 is 30.2 Å². The van der Waals surface area contributed by atoms with Gasteiger partial charge in [-0.2, -0.15) is 0 Å². The van der Waals surface area contributed by atoms with Gasteiger partial charge in [0.2, 0.25) is 0 Å². The second-order valence-corrected chi connectivity index (χ2v) is 3.19. The van der Waals surface area contributed by atoms with Gasteiger partial charge in [-0.3, -0.25) is 4.79 Å². The minimum Gasteiger partial charge on any atom is -0.427 e. The van der Waals surface area contributed by atoms with Crippen LogP contribution in [0.25, 0.3) is 0 Å². The normalized spacial score (nSPS) is 9.58. The fourth-order valence-corrected chi connectivity index (χ4v) is 1.34. The molecule has 0 spiro atoms. The van der Waals surface area contributed by atoms with Gasteiger partial charge in [-0.05, 0) is 18.2 Å². The summed E-state index contributed by atoms with van der Waals surface area (Å²) < 4.78 is 4.80. The first-order valence-corrected chi connectivity index (χ1v) is 4.08. The van der Waals surface area contributed by atoms with Crippen molar-refractivity contribution in [3.05, 3.63) is 23.2 Å². The molecule has 0 aliphatic heterocycles. The molecule has 0 unspecified atom stereocenters. The van der Waals surface area contributed by atoms with Gasteiger partial charge in [-0.15, -0.1) is 12.6 Å². The molecule has 0 heterocycles. The van der Waals surface area contributed by atoms with E-state index in [1.165, 1.54) is 6.92 Å². The highest BCUT2D eigenvalue weighted by atomic mass is 35.5. The molecule has 1 aromatic rings. The van der Waals surface area contributed by atoms with E-state index >= 15 is 0 Å². The quantitative estimate of drug-likeness (QED) is 0.430. The van der Waals surface area contributed by atoms with Crippen LogP contribution in [-0.2, 0) is 4.79 Å². The van der Waals surface area contributed by atoms with Crippen molar-refractivity contribution in [2.24, 2.45) is 0 Å². The molecule has 1 rings (SSSR count). The standard InChI is InChI=1S/C8H7ClO2S/c1-5(10)11-7-2-6(9)3-8(12)4-7/h2-4,12H,1H3. The van der Waals surface area contributed by atoms with E-state index in [0.717, 1.165) is 0 Å². The highest BCUT2D eigenvalue weighted by Gasteiger charge is 2.00. The minimum absolute atomic E-state index is 0.370. The average Bonchev–Trinajstić information content (AvgIpc) is 1.81. The molecule has 12 heavy (non-hydrogen) atoms. The van der Waals surface area contributed by atoms with E-state index in [1.54, 1.807) is 18.2 Å². The number of ether oxygens (including phenoxy) is 1. The van der Waals surface area contributed by atoms with Gasteiger partial charge in [0.15, 0.2) is 0 Å². The van der Waals surface area contributed by atoms with Crippen LogP contribution in [-0.4, -0.2) is 5.97 Å². The van der Waals surface area contributed by atoms with E-state index in [0.29, 0.717) is 15.7 Å². The third-order valence-electron chi connectivity index (χ3n) is 1.12. The summed E-state index contributed by atoms with van der Waals surface area (Å²) in [5.74, 6) is 0.0463. The Hall–Kier alpha value is -0.670. The van der Waals surface area contributed by atoms with Gasteiger partial charge in [-0.25, -0.2) is 0 Å². The van der Waals surface area contributed by atoms with Crippen LogP contribution < -0.4 is 4.74 Å². The van der Waals surface area contributed by atoms with Crippen molar-refractivity contribution in [2.45, 2.75) is 11.8 Å². The SMILES string of the molecule is CC(=O)Oc1cc(S)cc(Cl)c1. The molecule has 64 valence electrons. The lowest BCUT2D eigenvalue weighted by molar-refractivity contribution is -0.131. The zero-order valence-electron chi connectivity index (χ0n) is 6.37. The van der Waals surface area contributed by atoms with E-state index in [9.17, 15) is 4.79 Å². The molecule has 0 amide bonds. The Morgan fingerprint density at radius 2 is 2.17 bits per heavy atom. The van der Waals surface area contributed by atoms with Gasteiger partial charge >= 0.3 is 5.97 Å². The maximum atomic E-state index is 10.5. The van der Waals surface area contributed by atoms with Gasteiger partial charge in [0.05, 0.1) is 0 Å². The molecule has 0 aromatic heterocycles. The van der Waals surface area contributed by atoms with E-state index in [2.05, 4.69) is 12.6 Å². The molecule has 2 nitrogen and oxygen atoms in total. The summed E-state index contributed by atoms with van der Waals surface area (Å²) in [7, 11) is 0. The average molecular weight is 203 g/mol. The molecular weight excluding hydrogens is 196 g/mol. The Kier molecular flexibility index (Phi) is 3.00. The summed E-state index contributed by atoms with van der Waals surface area (Å²) in [6.45, 7) is 1.33. The lowest BCUT2D eigenvalue weighted by Crippen LogP contribution is -2.00. The molecular formula is C8H7ClO2S. The number of benzene rings is 1. The molecule has 0 radical (unpaired) electrons. The van der Waals surface area contributed by atoms with Gasteiger partial charge < -0.3 is 4.74 Å². The fraction of sp³-hybridized carbons (Fsp3) is 0.125. The minimum atomic E-state index is -0.370. The number of hydrogen-bond donors (Lipinski definition) is 1. The molecule has 0 saturated carbocycles. The first-order chi connectivity index (χ1) is 5.58. The van der Waals surface area contributed by atoms with Crippen molar-refractivity contribution in [2.75, 3.05) is 0 Å². The summed E-state index contributed by atoms with van der Waals surface area (Å²) in [6, 6.07) is 4.84. The summed E-state index contributed by atoms with van der Waals surface area (Å²) in [5.41, 5.74) is 0. The lowest BCUT2D eigenvalue weighted by atomic mass is 10.3. The maximum absolute atomic E-state index is 10.5. The number of halogens is 1. The summed E-state index contributed by atoms with van der Waals surface area (Å²) in [4.78, 5) is 11.2. The first kappa shape index (κ1) is 9.42. The predicted octanol–water partition coefficient (Wildman–Crippen LogP) is 2.55. The van der Waals surface area contributed by atoms with Gasteiger partial charge in [-0.1, -0.05) is 11.6 Å². The second-order valence-electron chi connectivity index (χ2n) is 2.24. The van der Waals surface area contributed by atoms with Crippen LogP contribution in [0.2, 0.25) is 5.02 Å². The number of hydrogen-bond acceptors (Lipinski definition) is 3. The van der Waals surface area contributed by atoms with Crippen molar-refractivity contribution in [3.8, 4) is 5.75 Å². The summed E-state index contributed by atoms with van der Waals surface area (Å²) in [6.07, 6.45) is 0. The third-order valence-corrected chi connectivity index (χ3v) is 1.59. The van der Waals surface area contributed by atoms with E-state index < -0.39 is 0 Å². The summed E-state index contributed by atoms with van der Waals surface area (Å²) >= 11 is 9.76. The van der Waals surface area contributed by atoms with E-state index in [1.807, 2.05) is 0 Å². The van der Waals surface area contributed by atoms with Crippen LogP contribution in [0.4, 0.5) is 0 Å². The zero-order valence-corrected chi connectivity index (χ0v) is 8.02. The van der Waals surface area contributed by atoms with E-state index in [-0.39, 0.29) is 5.97 Å². The monoisotopic (exact) mass is 202 g/mol. The van der Waals surface area contributed by atoms with Crippen molar-refractivity contribution in [1.82, 2.24) is 0 Å². The molecule has 0 N–H and O–H groups in total. The number of rotatable bonds is 1. The first-order valence-electron chi connectivity index (χ1n) is 3.26. The van der Waals surface area contributed by atoms with Gasteiger partial charge in [0.1, 0.15) is 5.75 Å². The highest BCUT2D eigenvalue weighted by Crippen LogP contribution is 2.22. The number of carbonyl (C=O) groups is 1. The van der Waals surface area contributed by atoms with E-state index in [4.69, 9.17) is 16.3 Å². The van der Waals surface area contributed by atoms with Crippen LogP contribution in [0, 0.1) is 0 Å². The number of thiol groups is 1. The van der Waals surface area contributed by atoms with Crippen LogP contribution in [0.1, 0.15) is 6.92 Å². The molecule has 0 bridgehead atoms. The van der Waals surface area contributed by atoms with Crippen molar-refractivity contribution in [1.29, 1.82) is 0 Å². The molecule has 0 saturated heterocycles. The lowest BCUT2D eigenvalue weighted by Gasteiger charge is -2.01. The van der Waals surface area contributed by atoms with Gasteiger partial charge in [0.25, 0.3) is 0 Å². The Bertz CT molecular complexity index is 292. The largest absolute Gasteiger partial charge is 0.427 e. The maximum Gasteiger partial charge on any atom is 0.308 e. The predicted molar refractivity (Wildman–Crippen MR) is 50.0 cm³/mol. The van der Waals surface area contributed by atoms with Crippen LogP contribution in [0.3, 0.4) is 0 Å². The number of esters is 1. The Balaban J connectivity index is 2.93. The molecule has 0 atom stereocenters. The Labute approximate surface area is 80.9 Å². The topological polar surface area (TPSA) is 26.3 Å². The molecule has 1 aromatic carbocycles. The van der Waals surface area contributed by atoms with Crippen molar-refractivity contribution in [3.63, 3.8) is 0 Å². The molecule has 0 aliphatic carbocycles. The van der Waals surface area contributed by atoms with Crippen LogP contribution >= 0.6 is 24.2 Å². The van der Waals surface area contributed by atoms with Crippen molar-refractivity contribution < 1.29 is 9.53 Å². The Morgan fingerprint density at radius 3 is 2.67 bits per heavy atom. The molecule has 4 heteroatoms. The van der Waals surface area contributed by atoms with Gasteiger partial charge in [0, 0.05) is 16.8 Å². The summed E-state index contributed by atoms with van der Waals surface area (Å²) in [5, 5.41) is 0.499. The second kappa shape index (κ2) is 3.83. The zero-order chi connectivity index (χ0) is 9.14. The molecule has 0 fully saturated rings. The molecule has 0 aliphatic rings. The number of carbonyl (C=O) groups excluding carboxylic acids is 1. The van der Waals surface area contributed by atoms with Crippen LogP contribution in [0.5, 0.6) is 5.75 Å². The Morgan fingerprint density at radius 1 is 1.50 bits per heavy atom. The van der Waals surface area contributed by atoms with Crippen LogP contribution in [0.15, 0.2) is 23.1 Å². The third kappa shape index (κ3) is 2.75. The highest BCUT2D eigenvalue weighted by molar-refractivity contribution is 7.80. The smallest absolute Gasteiger partial charge is 0.308 e. The fourth-order valence-electron chi connectivity index (χ4n) is 0.773.